The fourth-order valence-corrected chi connectivity index (χ4v) is 11.1. The van der Waals surface area contributed by atoms with E-state index in [1.165, 1.54) is 103 Å². The molecule has 0 heteroatoms. The van der Waals surface area contributed by atoms with Crippen LogP contribution in [0.4, 0.5) is 0 Å². The molecule has 0 radical (unpaired) electrons. The van der Waals surface area contributed by atoms with Crippen LogP contribution in [0.3, 0.4) is 0 Å². The van der Waals surface area contributed by atoms with Crippen molar-refractivity contribution in [2.45, 2.75) is 103 Å². The molecule has 0 spiro atoms. The van der Waals surface area contributed by atoms with Crippen LogP contribution in [0.25, 0.3) is 0 Å². The molecule has 0 nitrogen and oxygen atoms in total. The van der Waals surface area contributed by atoms with Crippen LogP contribution in [0.5, 0.6) is 0 Å². The highest BCUT2D eigenvalue weighted by Crippen LogP contribution is 2.61. The summed E-state index contributed by atoms with van der Waals surface area (Å²) in [6, 6.07) is 0. The lowest BCUT2D eigenvalue weighted by atomic mass is 9.51. The predicted molar refractivity (Wildman–Crippen MR) is 159 cm³/mol. The second-order valence-corrected chi connectivity index (χ2v) is 14.2. The van der Waals surface area contributed by atoms with E-state index in [1.807, 2.05) is 11.1 Å². The van der Waals surface area contributed by atoms with E-state index in [-0.39, 0.29) is 0 Å². The van der Waals surface area contributed by atoms with Crippen LogP contribution in [-0.4, -0.2) is 0 Å². The molecule has 0 bridgehead atoms. The minimum Gasteiger partial charge on any atom is -0.0882 e. The van der Waals surface area contributed by atoms with Crippen molar-refractivity contribution < 1.29 is 0 Å². The van der Waals surface area contributed by atoms with Gasteiger partial charge in [0, 0.05) is 0 Å². The molecule has 0 heterocycles. The molecule has 8 unspecified atom stereocenters. The normalized spacial score (nSPS) is 41.9. The zero-order valence-electron chi connectivity index (χ0n) is 23.6. The SMILES string of the molecule is C1=CC2=C(C3=C4C=CCCC4C4C(CCC5CC=CCC54)C3)C3=CCCCC3C(C3=CCCCC3)C2CC1. The summed E-state index contributed by atoms with van der Waals surface area (Å²) < 4.78 is 0. The number of rotatable bonds is 2. The Kier molecular flexibility index (Phi) is 6.31. The minimum absolute atomic E-state index is 0.760. The Labute approximate surface area is 231 Å². The van der Waals surface area contributed by atoms with Crippen molar-refractivity contribution >= 4 is 0 Å². The van der Waals surface area contributed by atoms with Gasteiger partial charge in [0.2, 0.25) is 0 Å². The second-order valence-electron chi connectivity index (χ2n) is 14.2. The molecule has 0 aromatic heterocycles. The van der Waals surface area contributed by atoms with Crippen molar-refractivity contribution in [2.24, 2.45) is 47.3 Å². The molecular formula is C38H48. The molecule has 0 amide bonds. The standard InChI is InChI=1S/C38H48/c1-2-13-26(14-3-1)36-31-18-8-10-20-33(31)38(34-21-11-9-19-32(34)36)35-24-27-23-22-25-12-4-5-15-28(25)37(27)30-17-7-6-16-29(30)35/h4-6,10,13,16,20-21,25,27-28,30-32,36-37H,1-3,7-9,11-12,14-15,17-19,22-24H2. The van der Waals surface area contributed by atoms with Gasteiger partial charge in [-0.3, -0.25) is 0 Å². The molecule has 1 saturated carbocycles. The quantitative estimate of drug-likeness (QED) is 0.328. The van der Waals surface area contributed by atoms with E-state index in [4.69, 9.17) is 0 Å². The average Bonchev–Trinajstić information content (AvgIpc) is 2.99. The van der Waals surface area contributed by atoms with E-state index in [9.17, 15) is 0 Å². The molecule has 0 aliphatic heterocycles. The van der Waals surface area contributed by atoms with E-state index in [1.54, 1.807) is 22.3 Å². The van der Waals surface area contributed by atoms with Gasteiger partial charge in [-0.1, -0.05) is 54.2 Å². The maximum atomic E-state index is 2.75. The van der Waals surface area contributed by atoms with E-state index in [2.05, 4.69) is 48.6 Å². The average molecular weight is 505 g/mol. The maximum Gasteiger partial charge on any atom is -0.00651 e. The first-order valence-corrected chi connectivity index (χ1v) is 16.7. The summed E-state index contributed by atoms with van der Waals surface area (Å²) in [6.45, 7) is 0. The molecule has 200 valence electrons. The van der Waals surface area contributed by atoms with Gasteiger partial charge >= 0.3 is 0 Å². The van der Waals surface area contributed by atoms with E-state index < -0.39 is 0 Å². The number of fused-ring (bicyclic) bond motifs is 7. The molecule has 0 aromatic rings. The lowest BCUT2D eigenvalue weighted by Gasteiger charge is -2.53. The smallest absolute Gasteiger partial charge is 0.00651 e. The number of allylic oxidation sites excluding steroid dienone is 14. The third-order valence-electron chi connectivity index (χ3n) is 12.5. The van der Waals surface area contributed by atoms with E-state index in [0.29, 0.717) is 0 Å². The molecule has 8 rings (SSSR count). The Bertz CT molecular complexity index is 1180. The van der Waals surface area contributed by atoms with Crippen LogP contribution < -0.4 is 0 Å². The Balaban J connectivity index is 1.28. The van der Waals surface area contributed by atoms with Crippen molar-refractivity contribution in [2.75, 3.05) is 0 Å². The molecule has 8 atom stereocenters. The number of hydrogen-bond acceptors (Lipinski definition) is 0. The first kappa shape index (κ1) is 24.0. The fourth-order valence-electron chi connectivity index (χ4n) is 11.1. The van der Waals surface area contributed by atoms with Crippen LogP contribution >= 0.6 is 0 Å². The molecule has 8 aliphatic carbocycles. The molecule has 0 saturated heterocycles. The summed E-state index contributed by atoms with van der Waals surface area (Å²) in [7, 11) is 0. The summed E-state index contributed by atoms with van der Waals surface area (Å²) in [5, 5.41) is 0. The van der Waals surface area contributed by atoms with Crippen LogP contribution in [0.15, 0.2) is 82.0 Å². The Morgan fingerprint density at radius 1 is 0.605 bits per heavy atom. The third kappa shape index (κ3) is 3.83. The van der Waals surface area contributed by atoms with Crippen molar-refractivity contribution in [3.63, 3.8) is 0 Å². The Hall–Kier alpha value is -1.82. The highest BCUT2D eigenvalue weighted by Gasteiger charge is 2.50. The third-order valence-corrected chi connectivity index (χ3v) is 12.5. The highest BCUT2D eigenvalue weighted by molar-refractivity contribution is 5.62. The molecule has 38 heavy (non-hydrogen) atoms. The molecule has 8 aliphatic rings. The highest BCUT2D eigenvalue weighted by atomic mass is 14.5. The van der Waals surface area contributed by atoms with Crippen molar-refractivity contribution in [3.8, 4) is 0 Å². The minimum atomic E-state index is 0.760. The van der Waals surface area contributed by atoms with Crippen LogP contribution in [0, 0.1) is 47.3 Å². The Morgan fingerprint density at radius 2 is 1.42 bits per heavy atom. The van der Waals surface area contributed by atoms with Gasteiger partial charge in [-0.15, -0.1) is 0 Å². The van der Waals surface area contributed by atoms with Gasteiger partial charge in [0.25, 0.3) is 0 Å². The summed E-state index contributed by atoms with van der Waals surface area (Å²) in [5.74, 6) is 6.90. The largest absolute Gasteiger partial charge is 0.0882 e. The topological polar surface area (TPSA) is 0 Å². The Morgan fingerprint density at radius 3 is 2.32 bits per heavy atom. The van der Waals surface area contributed by atoms with E-state index >= 15 is 0 Å². The first-order valence-electron chi connectivity index (χ1n) is 16.7. The van der Waals surface area contributed by atoms with Crippen LogP contribution in [0.1, 0.15) is 103 Å². The van der Waals surface area contributed by atoms with Gasteiger partial charge < -0.3 is 0 Å². The fraction of sp³-hybridized carbons (Fsp3) is 0.632. The van der Waals surface area contributed by atoms with Crippen molar-refractivity contribution in [3.05, 3.63) is 82.0 Å². The summed E-state index contributed by atoms with van der Waals surface area (Å²) >= 11 is 0. The van der Waals surface area contributed by atoms with Crippen LogP contribution in [-0.2, 0) is 0 Å². The first-order chi connectivity index (χ1) is 18.9. The van der Waals surface area contributed by atoms with Gasteiger partial charge in [0.15, 0.2) is 0 Å². The zero-order chi connectivity index (χ0) is 25.1. The summed E-state index contributed by atoms with van der Waals surface area (Å²) in [4.78, 5) is 0. The lowest BCUT2D eigenvalue weighted by Crippen LogP contribution is -2.44. The van der Waals surface area contributed by atoms with Gasteiger partial charge in [-0.05, 0) is 178 Å². The molecule has 0 N–H and O–H groups in total. The van der Waals surface area contributed by atoms with Gasteiger partial charge in [-0.2, -0.15) is 0 Å². The van der Waals surface area contributed by atoms with Gasteiger partial charge in [-0.25, -0.2) is 0 Å². The van der Waals surface area contributed by atoms with Crippen molar-refractivity contribution in [1.82, 2.24) is 0 Å². The second kappa shape index (κ2) is 9.98. The maximum absolute atomic E-state index is 2.75. The number of hydrogen-bond donors (Lipinski definition) is 0. The monoisotopic (exact) mass is 504 g/mol. The summed E-state index contributed by atoms with van der Waals surface area (Å²) in [5.41, 5.74) is 10.8. The molecule has 1 fully saturated rings. The molecular weight excluding hydrogens is 456 g/mol. The lowest BCUT2D eigenvalue weighted by molar-refractivity contribution is 0.0413. The van der Waals surface area contributed by atoms with Crippen molar-refractivity contribution in [1.29, 1.82) is 0 Å². The zero-order valence-corrected chi connectivity index (χ0v) is 23.6. The van der Waals surface area contributed by atoms with E-state index in [0.717, 1.165) is 47.3 Å². The predicted octanol–water partition coefficient (Wildman–Crippen LogP) is 10.4. The van der Waals surface area contributed by atoms with Crippen LogP contribution in [0.2, 0.25) is 0 Å². The van der Waals surface area contributed by atoms with Gasteiger partial charge in [0.1, 0.15) is 0 Å². The molecule has 0 aromatic carbocycles. The summed E-state index contributed by atoms with van der Waals surface area (Å²) in [6.07, 6.45) is 42.9. The van der Waals surface area contributed by atoms with Gasteiger partial charge in [0.05, 0.1) is 0 Å².